The lowest BCUT2D eigenvalue weighted by Crippen LogP contribution is -1.99. The van der Waals surface area contributed by atoms with Crippen LogP contribution in [0.5, 0.6) is 0 Å². The van der Waals surface area contributed by atoms with Crippen LogP contribution in [0, 0.1) is 0 Å². The minimum absolute atomic E-state index is 1.08. The Bertz CT molecular complexity index is 1000. The number of hydrogen-bond donors (Lipinski definition) is 1. The maximum Gasteiger partial charge on any atom is 0.0464 e. The van der Waals surface area contributed by atoms with E-state index in [0.717, 1.165) is 11.4 Å². The number of hydrogen-bond acceptors (Lipinski definition) is 1. The van der Waals surface area contributed by atoms with E-state index in [-0.39, 0.29) is 0 Å². The Balaban J connectivity index is 1.79. The van der Waals surface area contributed by atoms with E-state index >= 15 is 0 Å². The minimum Gasteiger partial charge on any atom is -0.355 e. The standard InChI is InChI=1S/C24H19N/c1-3-9-19(10-4-1)17-24(25-23-13-5-2-6-14-23)22-16-15-20-11-7-8-12-21(20)18-22/h1-18,25H. The van der Waals surface area contributed by atoms with Gasteiger partial charge in [-0.3, -0.25) is 0 Å². The molecule has 0 fully saturated rings. The number of anilines is 1. The highest BCUT2D eigenvalue weighted by molar-refractivity contribution is 5.93. The Morgan fingerprint density at radius 1 is 0.600 bits per heavy atom. The van der Waals surface area contributed by atoms with Crippen molar-refractivity contribution in [3.8, 4) is 0 Å². The number of nitrogens with one attached hydrogen (secondary N) is 1. The predicted molar refractivity (Wildman–Crippen MR) is 108 cm³/mol. The summed E-state index contributed by atoms with van der Waals surface area (Å²) < 4.78 is 0. The van der Waals surface area contributed by atoms with Crippen LogP contribution in [0.15, 0.2) is 103 Å². The first-order valence-corrected chi connectivity index (χ1v) is 8.46. The monoisotopic (exact) mass is 321 g/mol. The molecule has 0 amide bonds. The summed E-state index contributed by atoms with van der Waals surface area (Å²) >= 11 is 0. The van der Waals surface area contributed by atoms with E-state index in [2.05, 4.69) is 90.3 Å². The molecule has 0 spiro atoms. The summed E-state index contributed by atoms with van der Waals surface area (Å²) in [4.78, 5) is 0. The van der Waals surface area contributed by atoms with E-state index in [4.69, 9.17) is 0 Å². The van der Waals surface area contributed by atoms with Crippen LogP contribution >= 0.6 is 0 Å². The Kier molecular flexibility index (Phi) is 4.30. The van der Waals surface area contributed by atoms with Gasteiger partial charge < -0.3 is 5.32 Å². The SMILES string of the molecule is C(=C(Nc1ccccc1)c1ccc2ccccc2c1)c1ccccc1. The smallest absolute Gasteiger partial charge is 0.0464 e. The first-order chi connectivity index (χ1) is 12.4. The fourth-order valence-corrected chi connectivity index (χ4v) is 2.94. The van der Waals surface area contributed by atoms with Crippen molar-refractivity contribution in [3.63, 3.8) is 0 Å². The van der Waals surface area contributed by atoms with Gasteiger partial charge in [-0.05, 0) is 46.2 Å². The van der Waals surface area contributed by atoms with Crippen molar-refractivity contribution in [2.24, 2.45) is 0 Å². The van der Waals surface area contributed by atoms with E-state index in [9.17, 15) is 0 Å². The summed E-state index contributed by atoms with van der Waals surface area (Å²) in [6, 6.07) is 35.7. The van der Waals surface area contributed by atoms with Gasteiger partial charge in [0, 0.05) is 11.4 Å². The van der Waals surface area contributed by atoms with Crippen LogP contribution in [0.1, 0.15) is 11.1 Å². The van der Waals surface area contributed by atoms with Crippen LogP contribution in [0.3, 0.4) is 0 Å². The Morgan fingerprint density at radius 3 is 2.00 bits per heavy atom. The van der Waals surface area contributed by atoms with Crippen molar-refractivity contribution < 1.29 is 0 Å². The molecule has 4 aromatic carbocycles. The molecule has 0 radical (unpaired) electrons. The van der Waals surface area contributed by atoms with Gasteiger partial charge in [-0.15, -0.1) is 0 Å². The van der Waals surface area contributed by atoms with Gasteiger partial charge in [0.25, 0.3) is 0 Å². The zero-order valence-electron chi connectivity index (χ0n) is 13.9. The molecule has 0 unspecified atom stereocenters. The van der Waals surface area contributed by atoms with Crippen molar-refractivity contribution in [3.05, 3.63) is 114 Å². The molecule has 1 heteroatoms. The molecular weight excluding hydrogens is 302 g/mol. The normalized spacial score (nSPS) is 11.4. The van der Waals surface area contributed by atoms with Gasteiger partial charge in [-0.1, -0.05) is 84.9 Å². The fraction of sp³-hybridized carbons (Fsp3) is 0. The van der Waals surface area contributed by atoms with Crippen molar-refractivity contribution in [1.82, 2.24) is 0 Å². The van der Waals surface area contributed by atoms with Gasteiger partial charge in [0.1, 0.15) is 0 Å². The lowest BCUT2D eigenvalue weighted by Gasteiger charge is -2.13. The number of fused-ring (bicyclic) bond motifs is 1. The molecule has 0 saturated carbocycles. The molecular formula is C24H19N. The number of benzene rings is 4. The van der Waals surface area contributed by atoms with E-state index in [0.29, 0.717) is 0 Å². The molecule has 0 aliphatic carbocycles. The van der Waals surface area contributed by atoms with Crippen molar-refractivity contribution >= 4 is 28.2 Å². The van der Waals surface area contributed by atoms with Gasteiger partial charge in [-0.25, -0.2) is 0 Å². The van der Waals surface area contributed by atoms with Gasteiger partial charge in [-0.2, -0.15) is 0 Å². The average Bonchev–Trinajstić information content (AvgIpc) is 2.69. The molecule has 0 atom stereocenters. The highest BCUT2D eigenvalue weighted by Crippen LogP contribution is 2.25. The number of para-hydroxylation sites is 1. The van der Waals surface area contributed by atoms with Crippen LogP contribution in [0.2, 0.25) is 0 Å². The maximum atomic E-state index is 3.57. The lowest BCUT2D eigenvalue weighted by atomic mass is 10.0. The van der Waals surface area contributed by atoms with Gasteiger partial charge in [0.05, 0.1) is 0 Å². The Morgan fingerprint density at radius 2 is 1.24 bits per heavy atom. The van der Waals surface area contributed by atoms with Crippen molar-refractivity contribution in [2.75, 3.05) is 5.32 Å². The zero-order valence-corrected chi connectivity index (χ0v) is 13.9. The average molecular weight is 321 g/mol. The van der Waals surface area contributed by atoms with Crippen LogP contribution in [0.25, 0.3) is 22.5 Å². The first-order valence-electron chi connectivity index (χ1n) is 8.46. The van der Waals surface area contributed by atoms with Crippen LogP contribution in [-0.2, 0) is 0 Å². The predicted octanol–water partition coefficient (Wildman–Crippen LogP) is 6.45. The van der Waals surface area contributed by atoms with Crippen LogP contribution < -0.4 is 5.32 Å². The zero-order chi connectivity index (χ0) is 16.9. The lowest BCUT2D eigenvalue weighted by molar-refractivity contribution is 1.55. The quantitative estimate of drug-likeness (QED) is 0.426. The third kappa shape index (κ3) is 3.61. The highest BCUT2D eigenvalue weighted by Gasteiger charge is 2.04. The molecule has 0 heterocycles. The summed E-state index contributed by atoms with van der Waals surface area (Å²) in [5, 5.41) is 6.07. The topological polar surface area (TPSA) is 12.0 Å². The molecule has 0 aliphatic heterocycles. The second-order valence-corrected chi connectivity index (χ2v) is 6.02. The van der Waals surface area contributed by atoms with Crippen molar-refractivity contribution in [1.29, 1.82) is 0 Å². The molecule has 0 bridgehead atoms. The van der Waals surface area contributed by atoms with Gasteiger partial charge >= 0.3 is 0 Å². The van der Waals surface area contributed by atoms with Gasteiger partial charge in [0.2, 0.25) is 0 Å². The number of rotatable bonds is 4. The molecule has 0 aromatic heterocycles. The van der Waals surface area contributed by atoms with Crippen LogP contribution in [-0.4, -0.2) is 0 Å². The summed E-state index contributed by atoms with van der Waals surface area (Å²) in [6.07, 6.45) is 2.19. The first kappa shape index (κ1) is 15.2. The molecule has 4 rings (SSSR count). The fourth-order valence-electron chi connectivity index (χ4n) is 2.94. The molecule has 25 heavy (non-hydrogen) atoms. The Labute approximate surface area is 148 Å². The molecule has 0 saturated heterocycles. The maximum absolute atomic E-state index is 3.57. The Hall–Kier alpha value is -3.32. The highest BCUT2D eigenvalue weighted by atomic mass is 14.9. The molecule has 1 nitrogen and oxygen atoms in total. The summed E-state index contributed by atoms with van der Waals surface area (Å²) in [5.41, 5.74) is 4.52. The van der Waals surface area contributed by atoms with Crippen molar-refractivity contribution in [2.45, 2.75) is 0 Å². The van der Waals surface area contributed by atoms with Gasteiger partial charge in [0.15, 0.2) is 0 Å². The summed E-state index contributed by atoms with van der Waals surface area (Å²) in [5.74, 6) is 0. The molecule has 120 valence electrons. The minimum atomic E-state index is 1.08. The van der Waals surface area contributed by atoms with E-state index in [1.165, 1.54) is 21.9 Å². The van der Waals surface area contributed by atoms with Crippen LogP contribution in [0.4, 0.5) is 5.69 Å². The largest absolute Gasteiger partial charge is 0.355 e. The molecule has 0 aliphatic rings. The second kappa shape index (κ2) is 7.06. The third-order valence-corrected chi connectivity index (χ3v) is 4.22. The van der Waals surface area contributed by atoms with E-state index < -0.39 is 0 Å². The van der Waals surface area contributed by atoms with E-state index in [1.807, 2.05) is 24.3 Å². The second-order valence-electron chi connectivity index (χ2n) is 6.02. The summed E-state index contributed by atoms with van der Waals surface area (Å²) in [7, 11) is 0. The third-order valence-electron chi connectivity index (χ3n) is 4.22. The molecule has 4 aromatic rings. The summed E-state index contributed by atoms with van der Waals surface area (Å²) in [6.45, 7) is 0. The molecule has 1 N–H and O–H groups in total. The van der Waals surface area contributed by atoms with E-state index in [1.54, 1.807) is 0 Å².